The lowest BCUT2D eigenvalue weighted by Gasteiger charge is -2.26. The summed E-state index contributed by atoms with van der Waals surface area (Å²) in [4.78, 5) is 8.73. The van der Waals surface area contributed by atoms with E-state index in [-0.39, 0.29) is 0 Å². The van der Waals surface area contributed by atoms with E-state index in [9.17, 15) is 0 Å². The maximum atomic E-state index is 4.39. The average Bonchev–Trinajstić information content (AvgIpc) is 2.12. The monoisotopic (exact) mass is 162 g/mol. The van der Waals surface area contributed by atoms with Crippen molar-refractivity contribution in [2.75, 3.05) is 0 Å². The van der Waals surface area contributed by atoms with Gasteiger partial charge in [0.1, 0.15) is 0 Å². The molecule has 0 radical (unpaired) electrons. The van der Waals surface area contributed by atoms with E-state index in [1.165, 1.54) is 17.8 Å². The minimum atomic E-state index is 0.586. The number of aromatic nitrogens is 2. The van der Waals surface area contributed by atoms with Crippen LogP contribution in [0.2, 0.25) is 0 Å². The molecule has 0 N–H and O–H groups in total. The van der Waals surface area contributed by atoms with Crippen LogP contribution >= 0.6 is 0 Å². The van der Waals surface area contributed by atoms with Gasteiger partial charge >= 0.3 is 0 Å². The molecule has 1 aromatic heterocycles. The molecule has 0 saturated heterocycles. The van der Waals surface area contributed by atoms with Crippen LogP contribution in [0.4, 0.5) is 0 Å². The van der Waals surface area contributed by atoms with Crippen molar-refractivity contribution in [2.45, 2.75) is 32.6 Å². The summed E-state index contributed by atoms with van der Waals surface area (Å²) in [6.45, 7) is 4.54. The largest absolute Gasteiger partial charge is 0.258 e. The van der Waals surface area contributed by atoms with Gasteiger partial charge in [0, 0.05) is 18.3 Å². The van der Waals surface area contributed by atoms with Gasteiger partial charge in [-0.25, -0.2) is 0 Å². The van der Waals surface area contributed by atoms with Crippen LogP contribution in [0.25, 0.3) is 0 Å². The van der Waals surface area contributed by atoms with E-state index in [4.69, 9.17) is 0 Å². The molecule has 0 bridgehead atoms. The summed E-state index contributed by atoms with van der Waals surface area (Å²) >= 11 is 0. The topological polar surface area (TPSA) is 25.8 Å². The first-order valence-corrected chi connectivity index (χ1v) is 4.59. The Morgan fingerprint density at radius 1 is 1.25 bits per heavy atom. The minimum absolute atomic E-state index is 0.586. The van der Waals surface area contributed by atoms with Gasteiger partial charge in [0.25, 0.3) is 0 Å². The summed E-state index contributed by atoms with van der Waals surface area (Å²) in [5.74, 6) is 1.34. The van der Waals surface area contributed by atoms with Gasteiger partial charge in [-0.15, -0.1) is 0 Å². The second-order valence-corrected chi connectivity index (χ2v) is 3.69. The smallest absolute Gasteiger partial charge is 0.0649 e. The molecule has 0 spiro atoms. The summed E-state index contributed by atoms with van der Waals surface area (Å²) in [6, 6.07) is 0. The molecule has 64 valence electrons. The lowest BCUT2D eigenvalue weighted by molar-refractivity contribution is 0.411. The van der Waals surface area contributed by atoms with Gasteiger partial charge in [-0.1, -0.05) is 13.8 Å². The summed E-state index contributed by atoms with van der Waals surface area (Å²) in [5, 5.41) is 0. The number of rotatable bonds is 0. The van der Waals surface area contributed by atoms with E-state index in [2.05, 4.69) is 23.8 Å². The van der Waals surface area contributed by atoms with Crippen molar-refractivity contribution < 1.29 is 0 Å². The Morgan fingerprint density at radius 2 is 2.00 bits per heavy atom. The molecular formula is C10H14N2. The first-order valence-electron chi connectivity index (χ1n) is 4.59. The SMILES string of the molecule is C[C@H]1CCc2nccnc2[C@@H]1C. The average molecular weight is 162 g/mol. The van der Waals surface area contributed by atoms with Crippen molar-refractivity contribution in [1.82, 2.24) is 9.97 Å². The molecular weight excluding hydrogens is 148 g/mol. The van der Waals surface area contributed by atoms with Crippen LogP contribution in [0, 0.1) is 5.92 Å². The fourth-order valence-corrected chi connectivity index (χ4v) is 1.83. The van der Waals surface area contributed by atoms with Crippen molar-refractivity contribution >= 4 is 0 Å². The maximum absolute atomic E-state index is 4.39. The molecule has 0 saturated carbocycles. The quantitative estimate of drug-likeness (QED) is 0.584. The van der Waals surface area contributed by atoms with Crippen LogP contribution < -0.4 is 0 Å². The second kappa shape index (κ2) is 2.85. The normalized spacial score (nSPS) is 28.2. The molecule has 1 aromatic rings. The molecule has 2 heteroatoms. The molecule has 2 rings (SSSR count). The standard InChI is InChI=1S/C10H14N2/c1-7-3-4-9-10(8(7)2)12-6-5-11-9/h5-8H,3-4H2,1-2H3/t7-,8+/m0/s1. The Morgan fingerprint density at radius 3 is 2.83 bits per heavy atom. The van der Waals surface area contributed by atoms with E-state index in [0.717, 1.165) is 12.3 Å². The Kier molecular flexibility index (Phi) is 1.83. The molecule has 0 fully saturated rings. The number of aryl methyl sites for hydroxylation is 1. The highest BCUT2D eigenvalue weighted by atomic mass is 14.8. The van der Waals surface area contributed by atoms with Crippen LogP contribution in [0.5, 0.6) is 0 Å². The molecule has 0 aliphatic heterocycles. The Hall–Kier alpha value is -0.920. The molecule has 2 atom stereocenters. The summed E-state index contributed by atoms with van der Waals surface area (Å²) in [6.07, 6.45) is 5.95. The van der Waals surface area contributed by atoms with E-state index in [1.807, 2.05) is 0 Å². The molecule has 1 aliphatic rings. The van der Waals surface area contributed by atoms with E-state index < -0.39 is 0 Å². The Labute approximate surface area is 73.1 Å². The molecule has 2 nitrogen and oxygen atoms in total. The fourth-order valence-electron chi connectivity index (χ4n) is 1.83. The van der Waals surface area contributed by atoms with Gasteiger partial charge in [0.15, 0.2) is 0 Å². The van der Waals surface area contributed by atoms with Gasteiger partial charge in [-0.2, -0.15) is 0 Å². The van der Waals surface area contributed by atoms with Gasteiger partial charge in [-0.3, -0.25) is 9.97 Å². The van der Waals surface area contributed by atoms with Gasteiger partial charge < -0.3 is 0 Å². The predicted octanol–water partition coefficient (Wildman–Crippen LogP) is 2.16. The Bertz CT molecular complexity index is 283. The van der Waals surface area contributed by atoms with Crippen molar-refractivity contribution in [2.24, 2.45) is 5.92 Å². The third-order valence-electron chi connectivity index (χ3n) is 2.93. The molecule has 1 aliphatic carbocycles. The molecule has 1 heterocycles. The molecule has 0 aromatic carbocycles. The lowest BCUT2D eigenvalue weighted by atomic mass is 9.82. The first-order chi connectivity index (χ1) is 5.79. The third-order valence-corrected chi connectivity index (χ3v) is 2.93. The van der Waals surface area contributed by atoms with Gasteiger partial charge in [-0.05, 0) is 18.8 Å². The van der Waals surface area contributed by atoms with E-state index in [0.29, 0.717) is 5.92 Å². The van der Waals surface area contributed by atoms with E-state index >= 15 is 0 Å². The zero-order valence-corrected chi connectivity index (χ0v) is 7.62. The van der Waals surface area contributed by atoms with Gasteiger partial charge in [0.05, 0.1) is 11.4 Å². The summed E-state index contributed by atoms with van der Waals surface area (Å²) < 4.78 is 0. The second-order valence-electron chi connectivity index (χ2n) is 3.69. The van der Waals surface area contributed by atoms with Crippen LogP contribution in [0.15, 0.2) is 12.4 Å². The molecule has 0 amide bonds. The Balaban J connectivity index is 2.42. The van der Waals surface area contributed by atoms with Gasteiger partial charge in [0.2, 0.25) is 0 Å². The van der Waals surface area contributed by atoms with Crippen molar-refractivity contribution in [3.8, 4) is 0 Å². The van der Waals surface area contributed by atoms with Crippen LogP contribution in [-0.4, -0.2) is 9.97 Å². The number of hydrogen-bond acceptors (Lipinski definition) is 2. The van der Waals surface area contributed by atoms with E-state index in [1.54, 1.807) is 12.4 Å². The van der Waals surface area contributed by atoms with Crippen LogP contribution in [0.3, 0.4) is 0 Å². The third kappa shape index (κ3) is 1.11. The van der Waals surface area contributed by atoms with Crippen LogP contribution in [-0.2, 0) is 6.42 Å². The number of nitrogens with zero attached hydrogens (tertiary/aromatic N) is 2. The molecule has 0 unspecified atom stereocenters. The fraction of sp³-hybridized carbons (Fsp3) is 0.600. The molecule has 12 heavy (non-hydrogen) atoms. The highest BCUT2D eigenvalue weighted by Crippen LogP contribution is 2.32. The van der Waals surface area contributed by atoms with Crippen molar-refractivity contribution in [3.63, 3.8) is 0 Å². The van der Waals surface area contributed by atoms with Crippen molar-refractivity contribution in [3.05, 3.63) is 23.8 Å². The van der Waals surface area contributed by atoms with Crippen LogP contribution in [0.1, 0.15) is 37.6 Å². The summed E-state index contributed by atoms with van der Waals surface area (Å²) in [7, 11) is 0. The summed E-state index contributed by atoms with van der Waals surface area (Å²) in [5.41, 5.74) is 2.43. The predicted molar refractivity (Wildman–Crippen MR) is 47.9 cm³/mol. The highest BCUT2D eigenvalue weighted by Gasteiger charge is 2.24. The minimum Gasteiger partial charge on any atom is -0.258 e. The zero-order valence-electron chi connectivity index (χ0n) is 7.62. The highest BCUT2D eigenvalue weighted by molar-refractivity contribution is 5.19. The number of fused-ring (bicyclic) bond motifs is 1. The van der Waals surface area contributed by atoms with Crippen molar-refractivity contribution in [1.29, 1.82) is 0 Å². The number of hydrogen-bond donors (Lipinski definition) is 0. The lowest BCUT2D eigenvalue weighted by Crippen LogP contribution is -2.18. The maximum Gasteiger partial charge on any atom is 0.0649 e. The first kappa shape index (κ1) is 7.71. The zero-order chi connectivity index (χ0) is 8.55.